The van der Waals surface area contributed by atoms with E-state index in [0.29, 0.717) is 24.5 Å². The summed E-state index contributed by atoms with van der Waals surface area (Å²) in [7, 11) is 2.14. The summed E-state index contributed by atoms with van der Waals surface area (Å²) >= 11 is 0. The lowest BCUT2D eigenvalue weighted by Gasteiger charge is -2.32. The molecule has 1 aromatic carbocycles. The number of nitrogens with zero attached hydrogens (tertiary/aromatic N) is 4. The van der Waals surface area contributed by atoms with Crippen molar-refractivity contribution in [2.45, 2.75) is 13.5 Å². The van der Waals surface area contributed by atoms with Crippen LogP contribution in [-0.2, 0) is 6.61 Å². The number of para-hydroxylation sites is 1. The van der Waals surface area contributed by atoms with Gasteiger partial charge in [-0.15, -0.1) is 0 Å². The molecule has 2 aromatic heterocycles. The molecular weight excluding hydrogens is 378 g/mol. The summed E-state index contributed by atoms with van der Waals surface area (Å²) in [4.78, 5) is 22.0. The van der Waals surface area contributed by atoms with Gasteiger partial charge in [-0.25, -0.2) is 4.98 Å². The summed E-state index contributed by atoms with van der Waals surface area (Å²) in [5, 5.41) is 3.03. The number of ether oxygens (including phenoxy) is 1. The summed E-state index contributed by atoms with van der Waals surface area (Å²) in [6, 6.07) is 11.4. The number of pyridine rings is 1. The second kappa shape index (κ2) is 9.28. The number of hydrogen-bond acceptors (Lipinski definition) is 5. The van der Waals surface area contributed by atoms with Crippen LogP contribution in [0.3, 0.4) is 0 Å². The van der Waals surface area contributed by atoms with Gasteiger partial charge in [-0.2, -0.15) is 0 Å². The minimum Gasteiger partial charge on any atom is -0.486 e. The van der Waals surface area contributed by atoms with Gasteiger partial charge in [-0.1, -0.05) is 18.2 Å². The van der Waals surface area contributed by atoms with Gasteiger partial charge in [0.1, 0.15) is 18.0 Å². The summed E-state index contributed by atoms with van der Waals surface area (Å²) in [5.74, 6) is 0.466. The van der Waals surface area contributed by atoms with Crippen molar-refractivity contribution in [3.63, 3.8) is 0 Å². The van der Waals surface area contributed by atoms with Crippen molar-refractivity contribution in [1.82, 2.24) is 24.5 Å². The molecular formula is C23H29N5O2. The van der Waals surface area contributed by atoms with Gasteiger partial charge < -0.3 is 19.4 Å². The van der Waals surface area contributed by atoms with Crippen molar-refractivity contribution in [1.29, 1.82) is 0 Å². The Morgan fingerprint density at radius 2 is 1.90 bits per heavy atom. The Morgan fingerprint density at radius 1 is 1.10 bits per heavy atom. The topological polar surface area (TPSA) is 62.1 Å². The molecule has 0 spiro atoms. The maximum Gasteiger partial charge on any atom is 0.255 e. The molecule has 0 bridgehead atoms. The van der Waals surface area contributed by atoms with Crippen LogP contribution in [0.2, 0.25) is 0 Å². The summed E-state index contributed by atoms with van der Waals surface area (Å²) < 4.78 is 7.95. The molecule has 1 N–H and O–H groups in total. The minimum absolute atomic E-state index is 0.106. The normalized spacial score (nSPS) is 15.4. The summed E-state index contributed by atoms with van der Waals surface area (Å²) in [6.45, 7) is 8.10. The number of hydrogen-bond donors (Lipinski definition) is 1. The van der Waals surface area contributed by atoms with Gasteiger partial charge in [-0.3, -0.25) is 9.69 Å². The molecule has 0 saturated carbocycles. The number of nitrogens with one attached hydrogen (secondary N) is 1. The molecule has 0 radical (unpaired) electrons. The van der Waals surface area contributed by atoms with E-state index in [9.17, 15) is 4.79 Å². The van der Waals surface area contributed by atoms with E-state index < -0.39 is 0 Å². The molecule has 7 heteroatoms. The monoisotopic (exact) mass is 407 g/mol. The van der Waals surface area contributed by atoms with E-state index >= 15 is 0 Å². The Balaban J connectivity index is 1.33. The molecule has 1 fully saturated rings. The van der Waals surface area contributed by atoms with Crippen LogP contribution in [0.1, 0.15) is 21.6 Å². The largest absolute Gasteiger partial charge is 0.486 e. The number of amides is 1. The number of piperazine rings is 1. The van der Waals surface area contributed by atoms with Crippen molar-refractivity contribution >= 4 is 11.6 Å². The Morgan fingerprint density at radius 3 is 2.73 bits per heavy atom. The summed E-state index contributed by atoms with van der Waals surface area (Å²) in [6.07, 6.45) is 3.99. The van der Waals surface area contributed by atoms with Crippen LogP contribution >= 0.6 is 0 Å². The maximum atomic E-state index is 12.7. The van der Waals surface area contributed by atoms with Crippen LogP contribution in [0.4, 0.5) is 0 Å². The zero-order valence-corrected chi connectivity index (χ0v) is 17.7. The van der Waals surface area contributed by atoms with Gasteiger partial charge in [0.05, 0.1) is 11.3 Å². The lowest BCUT2D eigenvalue weighted by molar-refractivity contribution is 0.0936. The predicted octanol–water partition coefficient (Wildman–Crippen LogP) is 2.20. The Kier molecular flexibility index (Phi) is 6.30. The second-order valence-corrected chi connectivity index (χ2v) is 7.89. The number of imidazole rings is 1. The smallest absolute Gasteiger partial charge is 0.255 e. The Hall–Kier alpha value is -2.90. The first-order chi connectivity index (χ1) is 14.6. The number of rotatable bonds is 7. The number of carbonyl (C=O) groups excluding carboxylic acids is 1. The molecule has 3 heterocycles. The highest BCUT2D eigenvalue weighted by Gasteiger charge is 2.15. The van der Waals surface area contributed by atoms with Crippen molar-refractivity contribution < 1.29 is 9.53 Å². The number of aryl methyl sites for hydroxylation is 1. The number of benzene rings is 1. The average Bonchev–Trinajstić information content (AvgIpc) is 3.16. The van der Waals surface area contributed by atoms with Crippen LogP contribution in [0.15, 0.2) is 48.8 Å². The molecule has 30 heavy (non-hydrogen) atoms. The molecule has 1 amide bonds. The van der Waals surface area contributed by atoms with Crippen molar-refractivity contribution in [2.24, 2.45) is 0 Å². The molecule has 158 valence electrons. The molecule has 0 atom stereocenters. The molecule has 7 nitrogen and oxygen atoms in total. The van der Waals surface area contributed by atoms with Crippen LogP contribution in [-0.4, -0.2) is 71.4 Å². The van der Waals surface area contributed by atoms with Crippen molar-refractivity contribution in [3.8, 4) is 5.75 Å². The van der Waals surface area contributed by atoms with E-state index in [1.54, 1.807) is 6.07 Å². The highest BCUT2D eigenvalue weighted by Crippen LogP contribution is 2.19. The first kappa shape index (κ1) is 20.4. The quantitative estimate of drug-likeness (QED) is 0.651. The van der Waals surface area contributed by atoms with Gasteiger partial charge in [0, 0.05) is 51.7 Å². The van der Waals surface area contributed by atoms with E-state index in [-0.39, 0.29) is 5.91 Å². The zero-order valence-electron chi connectivity index (χ0n) is 17.7. The first-order valence-corrected chi connectivity index (χ1v) is 10.4. The molecule has 0 aliphatic carbocycles. The lowest BCUT2D eigenvalue weighted by Crippen LogP contribution is -2.46. The lowest BCUT2D eigenvalue weighted by atomic mass is 10.2. The fourth-order valence-electron chi connectivity index (χ4n) is 3.65. The van der Waals surface area contributed by atoms with Gasteiger partial charge in [-0.05, 0) is 37.7 Å². The number of likely N-dealkylation sites (N-methyl/N-ethyl adjacent to an activating group) is 1. The molecule has 1 aliphatic heterocycles. The van der Waals surface area contributed by atoms with Crippen LogP contribution in [0, 0.1) is 6.92 Å². The highest BCUT2D eigenvalue weighted by atomic mass is 16.5. The van der Waals surface area contributed by atoms with Crippen molar-refractivity contribution in [3.05, 3.63) is 65.6 Å². The highest BCUT2D eigenvalue weighted by molar-refractivity contribution is 5.96. The fourth-order valence-corrected chi connectivity index (χ4v) is 3.65. The van der Waals surface area contributed by atoms with E-state index in [1.807, 2.05) is 54.0 Å². The summed E-state index contributed by atoms with van der Waals surface area (Å²) in [5.41, 5.74) is 3.43. The van der Waals surface area contributed by atoms with E-state index in [0.717, 1.165) is 44.1 Å². The molecule has 1 aliphatic rings. The SMILES string of the molecule is Cc1ccc2nc(COc3ccccc3C(=O)NCCN3CCN(C)CC3)cn2c1. The average molecular weight is 408 g/mol. The molecule has 3 aromatic rings. The molecule has 0 unspecified atom stereocenters. The van der Waals surface area contributed by atoms with Crippen LogP contribution < -0.4 is 10.1 Å². The Bertz CT molecular complexity index is 1010. The van der Waals surface area contributed by atoms with Crippen LogP contribution in [0.5, 0.6) is 5.75 Å². The predicted molar refractivity (Wildman–Crippen MR) is 117 cm³/mol. The third-order valence-corrected chi connectivity index (χ3v) is 5.47. The van der Waals surface area contributed by atoms with Crippen molar-refractivity contribution in [2.75, 3.05) is 46.3 Å². The molecule has 4 rings (SSSR count). The standard InChI is InChI=1S/C23H29N5O2/c1-18-7-8-22-25-19(16-28(22)15-18)17-30-21-6-4-3-5-20(21)23(29)24-9-10-27-13-11-26(2)12-14-27/h3-8,15-16H,9-14,17H2,1-2H3,(H,24,29). The van der Waals surface area contributed by atoms with E-state index in [1.165, 1.54) is 5.56 Å². The maximum absolute atomic E-state index is 12.7. The number of aromatic nitrogens is 2. The van der Waals surface area contributed by atoms with Gasteiger partial charge in [0.2, 0.25) is 0 Å². The second-order valence-electron chi connectivity index (χ2n) is 7.89. The number of carbonyl (C=O) groups is 1. The Labute approximate surface area is 177 Å². The third kappa shape index (κ3) is 4.98. The zero-order chi connectivity index (χ0) is 20.9. The van der Waals surface area contributed by atoms with Gasteiger partial charge in [0.15, 0.2) is 0 Å². The van der Waals surface area contributed by atoms with E-state index in [2.05, 4.69) is 27.1 Å². The fraction of sp³-hybridized carbons (Fsp3) is 0.391. The number of fused-ring (bicyclic) bond motifs is 1. The van der Waals surface area contributed by atoms with Gasteiger partial charge in [0.25, 0.3) is 5.91 Å². The van der Waals surface area contributed by atoms with Crippen LogP contribution in [0.25, 0.3) is 5.65 Å². The first-order valence-electron chi connectivity index (χ1n) is 10.4. The third-order valence-electron chi connectivity index (χ3n) is 5.47. The van der Waals surface area contributed by atoms with Gasteiger partial charge >= 0.3 is 0 Å². The molecule has 1 saturated heterocycles. The minimum atomic E-state index is -0.106. The van der Waals surface area contributed by atoms with E-state index in [4.69, 9.17) is 4.74 Å².